The number of carbonyl (C=O) groups excluding carboxylic acids is 1. The van der Waals surface area contributed by atoms with Crippen LogP contribution in [0.2, 0.25) is 0 Å². The Morgan fingerprint density at radius 1 is 1.06 bits per heavy atom. The Morgan fingerprint density at radius 3 is 1.89 bits per heavy atom. The number of carbonyl (C=O) groups is 1. The minimum atomic E-state index is -5.05. The second kappa shape index (κ2) is 4.56. The van der Waals surface area contributed by atoms with E-state index in [0.717, 1.165) is 0 Å². The van der Waals surface area contributed by atoms with E-state index in [9.17, 15) is 31.1 Å². The van der Waals surface area contributed by atoms with E-state index in [4.69, 9.17) is 0 Å². The van der Waals surface area contributed by atoms with Gasteiger partial charge < -0.3 is 0 Å². The van der Waals surface area contributed by atoms with Crippen LogP contribution in [0.5, 0.6) is 0 Å². The fraction of sp³-hybridized carbons (Fsp3) is 0.300. The van der Waals surface area contributed by atoms with Gasteiger partial charge in [-0.1, -0.05) is 15.9 Å². The van der Waals surface area contributed by atoms with Gasteiger partial charge in [0.15, 0.2) is 5.78 Å². The highest BCUT2D eigenvalue weighted by Gasteiger charge is 2.43. The molecule has 0 radical (unpaired) electrons. The van der Waals surface area contributed by atoms with Crippen LogP contribution in [0.15, 0.2) is 16.6 Å². The van der Waals surface area contributed by atoms with Crippen molar-refractivity contribution in [3.8, 4) is 0 Å². The Hall–Kier alpha value is -1.05. The van der Waals surface area contributed by atoms with Gasteiger partial charge in [0, 0.05) is 10.0 Å². The van der Waals surface area contributed by atoms with Crippen LogP contribution >= 0.6 is 15.9 Å². The van der Waals surface area contributed by atoms with Crippen LogP contribution in [0.4, 0.5) is 26.3 Å². The van der Waals surface area contributed by atoms with Crippen LogP contribution in [-0.4, -0.2) is 5.78 Å². The fourth-order valence-electron chi connectivity index (χ4n) is 1.46. The molecular weight excluding hydrogens is 330 g/mol. The van der Waals surface area contributed by atoms with Crippen molar-refractivity contribution in [1.29, 1.82) is 0 Å². The zero-order chi connectivity index (χ0) is 14.3. The Morgan fingerprint density at radius 2 is 1.56 bits per heavy atom. The summed E-state index contributed by atoms with van der Waals surface area (Å²) < 4.78 is 75.2. The summed E-state index contributed by atoms with van der Waals surface area (Å²) in [5.74, 6) is -1.30. The van der Waals surface area contributed by atoms with Crippen LogP contribution in [0.1, 0.15) is 28.4 Å². The number of Topliss-reactive ketones (excluding diaryl/α,β-unsaturated/α-hetero) is 1. The zero-order valence-electron chi connectivity index (χ0n) is 8.71. The molecule has 1 nitrogen and oxygen atoms in total. The molecule has 0 aliphatic heterocycles. The van der Waals surface area contributed by atoms with Crippen LogP contribution in [-0.2, 0) is 12.4 Å². The minimum Gasteiger partial charge on any atom is -0.294 e. The van der Waals surface area contributed by atoms with Gasteiger partial charge in [0.05, 0.1) is 11.1 Å². The van der Waals surface area contributed by atoms with Crippen LogP contribution in [0.25, 0.3) is 0 Å². The maximum atomic E-state index is 12.7. The topological polar surface area (TPSA) is 17.1 Å². The molecule has 0 N–H and O–H groups in total. The number of hydrogen-bond acceptors (Lipinski definition) is 1. The molecule has 0 unspecified atom stereocenters. The average molecular weight is 335 g/mol. The second-order valence-electron chi connectivity index (χ2n) is 3.40. The number of hydrogen-bond donors (Lipinski definition) is 0. The average Bonchev–Trinajstić information content (AvgIpc) is 2.12. The Balaban J connectivity index is 3.76. The van der Waals surface area contributed by atoms with E-state index in [1.807, 2.05) is 0 Å². The number of halogens is 7. The summed E-state index contributed by atoms with van der Waals surface area (Å²) in [5.41, 5.74) is -4.57. The number of alkyl halides is 6. The first-order valence-corrected chi connectivity index (χ1v) is 5.23. The SMILES string of the molecule is CC(=O)c1c(C(F)(F)F)ccc(Br)c1C(F)(F)F. The van der Waals surface area contributed by atoms with Crippen molar-refractivity contribution in [3.63, 3.8) is 0 Å². The molecule has 0 atom stereocenters. The van der Waals surface area contributed by atoms with Gasteiger partial charge in [0.2, 0.25) is 0 Å². The standard InChI is InChI=1S/C10H5BrF6O/c1-4(18)7-5(9(12,13)14)2-3-6(11)8(7)10(15,16)17/h2-3H,1H3. The molecule has 0 saturated heterocycles. The van der Waals surface area contributed by atoms with Gasteiger partial charge in [0.1, 0.15) is 0 Å². The van der Waals surface area contributed by atoms with Crippen molar-refractivity contribution >= 4 is 21.7 Å². The zero-order valence-corrected chi connectivity index (χ0v) is 10.3. The van der Waals surface area contributed by atoms with Crippen molar-refractivity contribution < 1.29 is 31.1 Å². The van der Waals surface area contributed by atoms with E-state index >= 15 is 0 Å². The number of rotatable bonds is 1. The van der Waals surface area contributed by atoms with E-state index in [-0.39, 0.29) is 0 Å². The molecule has 0 saturated carbocycles. The second-order valence-corrected chi connectivity index (χ2v) is 4.25. The third-order valence-electron chi connectivity index (χ3n) is 2.10. The van der Waals surface area contributed by atoms with Crippen molar-refractivity contribution in [2.45, 2.75) is 19.3 Å². The molecule has 0 aliphatic carbocycles. The van der Waals surface area contributed by atoms with E-state index in [1.165, 1.54) is 0 Å². The third-order valence-corrected chi connectivity index (χ3v) is 2.76. The Labute approximate surface area is 106 Å². The predicted molar refractivity (Wildman–Crippen MR) is 54.2 cm³/mol. The molecule has 1 rings (SSSR count). The van der Waals surface area contributed by atoms with Crippen molar-refractivity contribution in [2.75, 3.05) is 0 Å². The van der Waals surface area contributed by atoms with Gasteiger partial charge in [0.25, 0.3) is 0 Å². The van der Waals surface area contributed by atoms with Gasteiger partial charge in [-0.15, -0.1) is 0 Å². The van der Waals surface area contributed by atoms with Gasteiger partial charge in [-0.2, -0.15) is 26.3 Å². The quantitative estimate of drug-likeness (QED) is 0.538. The minimum absolute atomic E-state index is 0.441. The molecule has 1 aromatic carbocycles. The summed E-state index contributed by atoms with van der Waals surface area (Å²) >= 11 is 2.51. The molecule has 0 fully saturated rings. The predicted octanol–water partition coefficient (Wildman–Crippen LogP) is 4.69. The molecule has 0 amide bonds. The van der Waals surface area contributed by atoms with E-state index < -0.39 is 39.3 Å². The van der Waals surface area contributed by atoms with Crippen molar-refractivity contribution in [1.82, 2.24) is 0 Å². The van der Waals surface area contributed by atoms with Crippen LogP contribution in [0.3, 0.4) is 0 Å². The molecule has 0 aromatic heterocycles. The summed E-state index contributed by atoms with van der Waals surface area (Å²) in [6.45, 7) is 0.659. The van der Waals surface area contributed by atoms with Crippen LogP contribution < -0.4 is 0 Å². The molecule has 18 heavy (non-hydrogen) atoms. The molecule has 1 aromatic rings. The van der Waals surface area contributed by atoms with Gasteiger partial charge in [-0.05, 0) is 19.1 Å². The smallest absolute Gasteiger partial charge is 0.294 e. The molecule has 0 heterocycles. The lowest BCUT2D eigenvalue weighted by molar-refractivity contribution is -0.144. The summed E-state index contributed by atoms with van der Waals surface area (Å²) in [4.78, 5) is 11.1. The molecule has 0 spiro atoms. The molecule has 100 valence electrons. The van der Waals surface area contributed by atoms with Gasteiger partial charge in [-0.25, -0.2) is 0 Å². The van der Waals surface area contributed by atoms with E-state index in [2.05, 4.69) is 15.9 Å². The first-order valence-electron chi connectivity index (χ1n) is 4.44. The van der Waals surface area contributed by atoms with Crippen molar-refractivity contribution in [2.24, 2.45) is 0 Å². The molecular formula is C10H5BrF6O. The van der Waals surface area contributed by atoms with Crippen molar-refractivity contribution in [3.05, 3.63) is 33.3 Å². The van der Waals surface area contributed by atoms with E-state index in [0.29, 0.717) is 19.1 Å². The Bertz CT molecular complexity index is 488. The monoisotopic (exact) mass is 334 g/mol. The molecule has 8 heteroatoms. The van der Waals surface area contributed by atoms with Gasteiger partial charge >= 0.3 is 12.4 Å². The summed E-state index contributed by atoms with van der Waals surface area (Å²) in [6, 6.07) is 1.06. The van der Waals surface area contributed by atoms with Gasteiger partial charge in [-0.3, -0.25) is 4.79 Å². The number of ketones is 1. The highest BCUT2D eigenvalue weighted by molar-refractivity contribution is 9.10. The largest absolute Gasteiger partial charge is 0.418 e. The fourth-order valence-corrected chi connectivity index (χ4v) is 2.01. The van der Waals surface area contributed by atoms with Crippen LogP contribution in [0, 0.1) is 0 Å². The normalized spacial score (nSPS) is 12.7. The summed E-state index contributed by atoms with van der Waals surface area (Å²) in [7, 11) is 0. The van der Waals surface area contributed by atoms with E-state index in [1.54, 1.807) is 0 Å². The number of benzene rings is 1. The lowest BCUT2D eigenvalue weighted by Gasteiger charge is -2.18. The maximum absolute atomic E-state index is 12.7. The molecule has 0 bridgehead atoms. The Kier molecular flexibility index (Phi) is 3.81. The highest BCUT2D eigenvalue weighted by atomic mass is 79.9. The highest BCUT2D eigenvalue weighted by Crippen LogP contribution is 2.43. The maximum Gasteiger partial charge on any atom is 0.418 e. The summed E-state index contributed by atoms with van der Waals surface area (Å²) in [5, 5.41) is 0. The molecule has 0 aliphatic rings. The third kappa shape index (κ3) is 2.85. The lowest BCUT2D eigenvalue weighted by atomic mass is 9.97. The first-order chi connectivity index (χ1) is 7.96. The lowest BCUT2D eigenvalue weighted by Crippen LogP contribution is -2.19. The first kappa shape index (κ1) is 15.0. The summed E-state index contributed by atoms with van der Waals surface area (Å²) in [6.07, 6.45) is -10.1.